The van der Waals surface area contributed by atoms with Crippen LogP contribution in [0.4, 0.5) is 5.69 Å². The predicted molar refractivity (Wildman–Crippen MR) is 79.5 cm³/mol. The third-order valence-corrected chi connectivity index (χ3v) is 4.03. The van der Waals surface area contributed by atoms with E-state index in [2.05, 4.69) is 5.32 Å². The van der Waals surface area contributed by atoms with Crippen LogP contribution in [-0.2, 0) is 0 Å². The summed E-state index contributed by atoms with van der Waals surface area (Å²) in [5.41, 5.74) is 8.29. The van der Waals surface area contributed by atoms with Gasteiger partial charge in [-0.1, -0.05) is 30.0 Å². The molecule has 0 aromatic heterocycles. The van der Waals surface area contributed by atoms with Crippen molar-refractivity contribution in [3.63, 3.8) is 0 Å². The molecular weight excluding hydrogens is 256 g/mol. The second-order valence-corrected chi connectivity index (χ2v) is 5.29. The van der Waals surface area contributed by atoms with E-state index in [4.69, 9.17) is 5.73 Å². The summed E-state index contributed by atoms with van der Waals surface area (Å²) < 4.78 is 0. The molecule has 0 fully saturated rings. The summed E-state index contributed by atoms with van der Waals surface area (Å²) in [5, 5.41) is 2.65. The van der Waals surface area contributed by atoms with Crippen molar-refractivity contribution in [2.24, 2.45) is 0 Å². The van der Waals surface area contributed by atoms with Crippen molar-refractivity contribution in [1.29, 1.82) is 0 Å². The second-order valence-electron chi connectivity index (χ2n) is 4.20. The van der Waals surface area contributed by atoms with E-state index in [0.29, 0.717) is 11.3 Å². The van der Waals surface area contributed by atoms with Crippen molar-refractivity contribution in [2.45, 2.75) is 16.7 Å². The molecule has 0 heterocycles. The zero-order valence-corrected chi connectivity index (χ0v) is 11.8. The molecule has 0 unspecified atom stereocenters. The summed E-state index contributed by atoms with van der Waals surface area (Å²) >= 11 is 1.56. The van der Waals surface area contributed by atoms with Crippen LogP contribution in [0.5, 0.6) is 0 Å². The van der Waals surface area contributed by atoms with Gasteiger partial charge in [-0.15, -0.1) is 0 Å². The average Bonchev–Trinajstić information content (AvgIpc) is 2.41. The van der Waals surface area contributed by atoms with Gasteiger partial charge in [0, 0.05) is 22.5 Å². The highest BCUT2D eigenvalue weighted by molar-refractivity contribution is 7.99. The fraction of sp³-hybridized carbons (Fsp3) is 0.133. The van der Waals surface area contributed by atoms with Crippen LogP contribution >= 0.6 is 11.8 Å². The Morgan fingerprint density at radius 2 is 1.89 bits per heavy atom. The molecule has 0 aliphatic carbocycles. The highest BCUT2D eigenvalue weighted by Crippen LogP contribution is 2.33. The fourth-order valence-electron chi connectivity index (χ4n) is 1.74. The maximum Gasteiger partial charge on any atom is 0.252 e. The molecule has 0 aliphatic rings. The minimum absolute atomic E-state index is 0.101. The summed E-state index contributed by atoms with van der Waals surface area (Å²) in [4.78, 5) is 13.8. The monoisotopic (exact) mass is 272 g/mol. The summed E-state index contributed by atoms with van der Waals surface area (Å²) in [5.74, 6) is -0.101. The summed E-state index contributed by atoms with van der Waals surface area (Å²) in [6, 6.07) is 13.4. The predicted octanol–water partition coefficient (Wildman–Crippen LogP) is 3.09. The number of nitrogen functional groups attached to an aromatic ring is 1. The molecule has 0 aliphatic heterocycles. The number of anilines is 1. The Hall–Kier alpha value is -1.94. The lowest BCUT2D eigenvalue weighted by Gasteiger charge is -2.10. The first kappa shape index (κ1) is 13.5. The van der Waals surface area contributed by atoms with E-state index in [9.17, 15) is 4.79 Å². The van der Waals surface area contributed by atoms with Crippen molar-refractivity contribution in [3.05, 3.63) is 53.6 Å². The Kier molecular flexibility index (Phi) is 4.12. The van der Waals surface area contributed by atoms with Crippen LogP contribution in [0.25, 0.3) is 0 Å². The van der Waals surface area contributed by atoms with Crippen LogP contribution in [0.15, 0.2) is 52.3 Å². The maximum atomic E-state index is 11.9. The lowest BCUT2D eigenvalue weighted by Crippen LogP contribution is -2.18. The Morgan fingerprint density at radius 3 is 2.58 bits per heavy atom. The molecule has 3 nitrogen and oxygen atoms in total. The number of carbonyl (C=O) groups excluding carboxylic acids is 1. The van der Waals surface area contributed by atoms with E-state index in [1.54, 1.807) is 30.9 Å². The van der Waals surface area contributed by atoms with Gasteiger partial charge in [-0.2, -0.15) is 0 Å². The van der Waals surface area contributed by atoms with E-state index in [-0.39, 0.29) is 5.91 Å². The van der Waals surface area contributed by atoms with Crippen molar-refractivity contribution >= 4 is 23.4 Å². The number of nitrogens with one attached hydrogen (secondary N) is 1. The third kappa shape index (κ3) is 3.09. The van der Waals surface area contributed by atoms with Gasteiger partial charge in [-0.05, 0) is 36.8 Å². The third-order valence-electron chi connectivity index (χ3n) is 2.79. The number of rotatable bonds is 3. The number of nitrogens with two attached hydrogens (primary N) is 1. The second kappa shape index (κ2) is 5.80. The van der Waals surface area contributed by atoms with Gasteiger partial charge in [-0.25, -0.2) is 0 Å². The SMILES string of the molecule is CNC(=O)c1ccc(N)cc1Sc1ccccc1C. The van der Waals surface area contributed by atoms with E-state index < -0.39 is 0 Å². The molecule has 19 heavy (non-hydrogen) atoms. The first-order chi connectivity index (χ1) is 9.11. The van der Waals surface area contributed by atoms with Crippen molar-refractivity contribution in [2.75, 3.05) is 12.8 Å². The van der Waals surface area contributed by atoms with Crippen LogP contribution in [0.2, 0.25) is 0 Å². The van der Waals surface area contributed by atoms with Gasteiger partial charge >= 0.3 is 0 Å². The largest absolute Gasteiger partial charge is 0.399 e. The number of hydrogen-bond acceptors (Lipinski definition) is 3. The smallest absolute Gasteiger partial charge is 0.252 e. The highest BCUT2D eigenvalue weighted by atomic mass is 32.2. The van der Waals surface area contributed by atoms with Gasteiger partial charge < -0.3 is 11.1 Å². The van der Waals surface area contributed by atoms with Crippen molar-refractivity contribution in [1.82, 2.24) is 5.32 Å². The number of amides is 1. The first-order valence-corrected chi connectivity index (χ1v) is 6.78. The van der Waals surface area contributed by atoms with Crippen LogP contribution in [0.1, 0.15) is 15.9 Å². The van der Waals surface area contributed by atoms with Crippen LogP contribution in [0, 0.1) is 6.92 Å². The van der Waals surface area contributed by atoms with E-state index >= 15 is 0 Å². The summed E-state index contributed by atoms with van der Waals surface area (Å²) in [6.45, 7) is 2.05. The van der Waals surface area contributed by atoms with E-state index in [0.717, 1.165) is 9.79 Å². The number of benzene rings is 2. The van der Waals surface area contributed by atoms with Gasteiger partial charge in [0.1, 0.15) is 0 Å². The molecule has 2 aromatic rings. The zero-order chi connectivity index (χ0) is 13.8. The number of aryl methyl sites for hydroxylation is 1. The van der Waals surface area contributed by atoms with Gasteiger partial charge in [0.25, 0.3) is 5.91 Å². The van der Waals surface area contributed by atoms with Gasteiger partial charge in [0.15, 0.2) is 0 Å². The minimum atomic E-state index is -0.101. The molecule has 0 atom stereocenters. The number of hydrogen-bond donors (Lipinski definition) is 2. The molecule has 0 radical (unpaired) electrons. The van der Waals surface area contributed by atoms with Gasteiger partial charge in [-0.3, -0.25) is 4.79 Å². The molecule has 0 saturated heterocycles. The van der Waals surface area contributed by atoms with Crippen LogP contribution in [-0.4, -0.2) is 13.0 Å². The molecule has 3 N–H and O–H groups in total. The molecule has 2 aromatic carbocycles. The molecule has 98 valence electrons. The topological polar surface area (TPSA) is 55.1 Å². The lowest BCUT2D eigenvalue weighted by molar-refractivity contribution is 0.0960. The van der Waals surface area contributed by atoms with Crippen LogP contribution in [0.3, 0.4) is 0 Å². The lowest BCUT2D eigenvalue weighted by atomic mass is 10.2. The molecule has 0 spiro atoms. The maximum absolute atomic E-state index is 11.9. The average molecular weight is 272 g/mol. The Balaban J connectivity index is 2.41. The van der Waals surface area contributed by atoms with Crippen LogP contribution < -0.4 is 11.1 Å². The molecule has 0 bridgehead atoms. The Labute approximate surface area is 117 Å². The standard InChI is InChI=1S/C15H16N2OS/c1-10-5-3-4-6-13(10)19-14-9-11(16)7-8-12(14)15(18)17-2/h3-9H,16H2,1-2H3,(H,17,18). The Morgan fingerprint density at radius 1 is 1.16 bits per heavy atom. The molecule has 2 rings (SSSR count). The molecule has 0 saturated carbocycles. The number of carbonyl (C=O) groups is 1. The quantitative estimate of drug-likeness (QED) is 0.844. The summed E-state index contributed by atoms with van der Waals surface area (Å²) in [6.07, 6.45) is 0. The van der Waals surface area contributed by atoms with E-state index in [1.807, 2.05) is 37.3 Å². The van der Waals surface area contributed by atoms with Gasteiger partial charge in [0.05, 0.1) is 5.56 Å². The zero-order valence-electron chi connectivity index (χ0n) is 10.9. The van der Waals surface area contributed by atoms with Crippen molar-refractivity contribution < 1.29 is 4.79 Å². The minimum Gasteiger partial charge on any atom is -0.399 e. The van der Waals surface area contributed by atoms with Crippen molar-refractivity contribution in [3.8, 4) is 0 Å². The van der Waals surface area contributed by atoms with Gasteiger partial charge in [0.2, 0.25) is 0 Å². The molecule has 4 heteroatoms. The molecule has 1 amide bonds. The fourth-order valence-corrected chi connectivity index (χ4v) is 2.81. The van der Waals surface area contributed by atoms with E-state index in [1.165, 1.54) is 5.56 Å². The normalized spacial score (nSPS) is 10.2. The molecular formula is C15H16N2OS. The highest BCUT2D eigenvalue weighted by Gasteiger charge is 2.12. The first-order valence-electron chi connectivity index (χ1n) is 5.97. The Bertz CT molecular complexity index is 611. The summed E-state index contributed by atoms with van der Waals surface area (Å²) in [7, 11) is 1.63.